The van der Waals surface area contributed by atoms with Crippen molar-refractivity contribution in [2.75, 3.05) is 46.6 Å². The molecule has 4 aliphatic heterocycles. The first-order chi connectivity index (χ1) is 25.4. The smallest absolute Gasteiger partial charge is 0.279 e. The zero-order valence-corrected chi connectivity index (χ0v) is 29.0. The van der Waals surface area contributed by atoms with E-state index in [1.165, 1.54) is 31.3 Å². The van der Waals surface area contributed by atoms with Crippen molar-refractivity contribution in [2.45, 2.75) is 51.9 Å². The van der Waals surface area contributed by atoms with Gasteiger partial charge < -0.3 is 29.3 Å². The van der Waals surface area contributed by atoms with E-state index in [0.29, 0.717) is 41.3 Å². The van der Waals surface area contributed by atoms with Gasteiger partial charge >= 0.3 is 0 Å². The maximum atomic E-state index is 14.0. The third kappa shape index (κ3) is 7.60. The Morgan fingerprint density at radius 1 is 0.635 bits per heavy atom. The van der Waals surface area contributed by atoms with Gasteiger partial charge in [0.2, 0.25) is 11.8 Å². The molecule has 12 heteroatoms. The Labute approximate surface area is 301 Å². The molecule has 52 heavy (non-hydrogen) atoms. The second-order valence-electron chi connectivity index (χ2n) is 13.4. The van der Waals surface area contributed by atoms with E-state index in [1.54, 1.807) is 12.1 Å². The summed E-state index contributed by atoms with van der Waals surface area (Å²) in [6.07, 6.45) is 12.8. The van der Waals surface area contributed by atoms with E-state index in [0.717, 1.165) is 91.3 Å². The van der Waals surface area contributed by atoms with Crippen LogP contribution in [0.2, 0.25) is 0 Å². The van der Waals surface area contributed by atoms with Crippen LogP contribution in [0.5, 0.6) is 0 Å². The van der Waals surface area contributed by atoms with Gasteiger partial charge in [-0.25, -0.2) is 20.0 Å². The van der Waals surface area contributed by atoms with Crippen LogP contribution in [0.4, 0.5) is 43.3 Å². The first-order valence-electron chi connectivity index (χ1n) is 17.9. The fourth-order valence-electron chi connectivity index (χ4n) is 7.07. The normalized spacial score (nSPS) is 17.9. The van der Waals surface area contributed by atoms with Gasteiger partial charge in [-0.15, -0.1) is 0 Å². The number of amidine groups is 2. The van der Waals surface area contributed by atoms with Crippen LogP contribution < -0.4 is 20.4 Å². The minimum absolute atomic E-state index is 0.291. The number of rotatable bonds is 8. The molecule has 6 heterocycles. The Morgan fingerprint density at radius 2 is 1.21 bits per heavy atom. The van der Waals surface area contributed by atoms with E-state index in [1.807, 2.05) is 31.2 Å². The molecule has 266 valence electrons. The molecule has 10 nitrogen and oxygen atoms in total. The summed E-state index contributed by atoms with van der Waals surface area (Å²) < 4.78 is 38.5. The number of nitrogens with zero attached hydrogens (tertiary/aromatic N) is 6. The molecule has 2 aromatic carbocycles. The lowest BCUT2D eigenvalue weighted by atomic mass is 10.0. The molecule has 0 saturated carbocycles. The highest BCUT2D eigenvalue weighted by molar-refractivity contribution is 6.21. The van der Waals surface area contributed by atoms with Crippen molar-refractivity contribution in [3.05, 3.63) is 102 Å². The summed E-state index contributed by atoms with van der Waals surface area (Å²) in [7, 11) is 0. The Bertz CT molecular complexity index is 2040. The predicted octanol–water partition coefficient (Wildman–Crippen LogP) is 9.64. The lowest BCUT2D eigenvalue weighted by Gasteiger charge is -2.29. The van der Waals surface area contributed by atoms with Gasteiger partial charge in [0.05, 0.1) is 29.2 Å². The topological polar surface area (TPSA) is 106 Å². The summed E-state index contributed by atoms with van der Waals surface area (Å²) in [6, 6.07) is 16.8. The SMILES string of the molecule is CC1=CC(c2ccc(N3CCCCC3)cc2Nc2ccc(F)o2)=NC2=NC=NC(=NC(c3ccc(N4CCCCC4)cc3Nc3ccc(F)o3)=C1)C2. The maximum Gasteiger partial charge on any atom is 0.279 e. The van der Waals surface area contributed by atoms with Gasteiger partial charge in [0, 0.05) is 72.9 Å². The molecule has 2 fully saturated rings. The molecule has 2 saturated heterocycles. The third-order valence-corrected chi connectivity index (χ3v) is 9.62. The van der Waals surface area contributed by atoms with Crippen LogP contribution in [0.25, 0.3) is 5.70 Å². The molecule has 0 atom stereocenters. The molecule has 0 unspecified atom stereocenters. The molecule has 2 N–H and O–H groups in total. The summed E-state index contributed by atoms with van der Waals surface area (Å²) in [6.45, 7) is 5.90. The quantitative estimate of drug-likeness (QED) is 0.189. The molecule has 0 aliphatic carbocycles. The van der Waals surface area contributed by atoms with Gasteiger partial charge in [-0.2, -0.15) is 8.78 Å². The van der Waals surface area contributed by atoms with Crippen molar-refractivity contribution >= 4 is 63.9 Å². The standard InChI is InChI=1S/C40H40F2N8O2/c1-26-20-31(29-10-8-27(49-16-4-2-5-17-49)22-33(29)47-39-14-12-35(41)51-39)45-37-24-38(44-25-43-37)46-32(21-26)30-11-9-28(50-18-6-3-7-19-50)23-34(30)48-40-15-13-36(42)52-40/h8-15,20-23,25,47-48H,2-7,16-19,24H2,1H3. The van der Waals surface area contributed by atoms with Gasteiger partial charge in [-0.05, 0) is 99.6 Å². The minimum Gasteiger partial charge on any atom is -0.415 e. The summed E-state index contributed by atoms with van der Waals surface area (Å²) in [5.74, 6) is 1.68. The van der Waals surface area contributed by atoms with Crippen LogP contribution in [0.3, 0.4) is 0 Å². The zero-order chi connectivity index (χ0) is 35.4. The second kappa shape index (κ2) is 14.8. The van der Waals surface area contributed by atoms with E-state index in [4.69, 9.17) is 18.8 Å². The minimum atomic E-state index is -0.668. The largest absolute Gasteiger partial charge is 0.415 e. The number of nitrogens with one attached hydrogen (secondary N) is 2. The van der Waals surface area contributed by atoms with Crippen molar-refractivity contribution < 1.29 is 17.6 Å². The molecule has 8 rings (SSSR count). The van der Waals surface area contributed by atoms with Crippen molar-refractivity contribution in [1.29, 1.82) is 0 Å². The van der Waals surface area contributed by atoms with Gasteiger partial charge in [0.15, 0.2) is 0 Å². The monoisotopic (exact) mass is 702 g/mol. The Morgan fingerprint density at radius 3 is 1.79 bits per heavy atom. The molecular weight excluding hydrogens is 662 g/mol. The summed E-state index contributed by atoms with van der Waals surface area (Å²) in [4.78, 5) is 23.8. The average Bonchev–Trinajstić information content (AvgIpc) is 3.77. The Balaban J connectivity index is 1.22. The molecule has 2 aromatic heterocycles. The first-order valence-corrected chi connectivity index (χ1v) is 17.9. The lowest BCUT2D eigenvalue weighted by Crippen LogP contribution is -2.29. The highest BCUT2D eigenvalue weighted by Crippen LogP contribution is 2.36. The number of piperidine rings is 2. The van der Waals surface area contributed by atoms with Crippen molar-refractivity contribution in [1.82, 2.24) is 0 Å². The van der Waals surface area contributed by atoms with Crippen LogP contribution in [0.15, 0.2) is 107 Å². The van der Waals surface area contributed by atoms with E-state index in [2.05, 4.69) is 54.7 Å². The van der Waals surface area contributed by atoms with Gasteiger partial charge in [-0.1, -0.05) is 0 Å². The molecule has 0 spiro atoms. The number of hydrogen-bond donors (Lipinski definition) is 2. The van der Waals surface area contributed by atoms with E-state index >= 15 is 0 Å². The number of aliphatic imine (C=N–C) groups is 4. The zero-order valence-electron chi connectivity index (χ0n) is 29.0. The molecule has 0 amide bonds. The molecular formula is C40H40F2N8O2. The number of furan rings is 2. The summed E-state index contributed by atoms with van der Waals surface area (Å²) in [5, 5.41) is 6.61. The molecule has 2 bridgehead atoms. The second-order valence-corrected chi connectivity index (χ2v) is 13.4. The maximum absolute atomic E-state index is 14.0. The van der Waals surface area contributed by atoms with E-state index < -0.39 is 12.0 Å². The van der Waals surface area contributed by atoms with E-state index in [-0.39, 0.29) is 0 Å². The average molecular weight is 703 g/mol. The van der Waals surface area contributed by atoms with Crippen LogP contribution in [-0.4, -0.2) is 49.9 Å². The number of halogens is 2. The highest BCUT2D eigenvalue weighted by Gasteiger charge is 2.21. The fraction of sp³-hybridized carbons (Fsp3) is 0.300. The third-order valence-electron chi connectivity index (χ3n) is 9.62. The number of benzene rings is 2. The fourth-order valence-corrected chi connectivity index (χ4v) is 7.07. The van der Waals surface area contributed by atoms with Crippen molar-refractivity contribution in [3.8, 4) is 0 Å². The number of fused-ring (bicyclic) bond motifs is 2. The number of anilines is 6. The van der Waals surface area contributed by atoms with Crippen LogP contribution in [-0.2, 0) is 0 Å². The Kier molecular flexibility index (Phi) is 9.52. The number of hydrogen-bond acceptors (Lipinski definition) is 10. The highest BCUT2D eigenvalue weighted by atomic mass is 19.1. The Hall–Kier alpha value is -5.78. The molecule has 4 aromatic rings. The van der Waals surface area contributed by atoms with Crippen molar-refractivity contribution in [2.24, 2.45) is 20.0 Å². The summed E-state index contributed by atoms with van der Waals surface area (Å²) >= 11 is 0. The van der Waals surface area contributed by atoms with Crippen LogP contribution in [0, 0.1) is 12.0 Å². The van der Waals surface area contributed by atoms with Crippen LogP contribution in [0.1, 0.15) is 63.0 Å². The molecule has 4 aliphatic rings. The van der Waals surface area contributed by atoms with Gasteiger partial charge in [-0.3, -0.25) is 0 Å². The summed E-state index contributed by atoms with van der Waals surface area (Å²) in [5.41, 5.74) is 7.38. The van der Waals surface area contributed by atoms with Crippen molar-refractivity contribution in [3.63, 3.8) is 0 Å². The first kappa shape index (κ1) is 33.4. The van der Waals surface area contributed by atoms with Gasteiger partial charge in [0.1, 0.15) is 18.0 Å². The molecule has 0 radical (unpaired) electrons. The van der Waals surface area contributed by atoms with E-state index in [9.17, 15) is 8.78 Å². The predicted molar refractivity (Wildman–Crippen MR) is 205 cm³/mol. The van der Waals surface area contributed by atoms with Crippen LogP contribution >= 0.6 is 0 Å². The lowest BCUT2D eigenvalue weighted by molar-refractivity contribution is 0.368. The van der Waals surface area contributed by atoms with Gasteiger partial charge in [0.25, 0.3) is 12.0 Å². The number of allylic oxidation sites excluding steroid dienone is 3.